The third-order valence-electron chi connectivity index (χ3n) is 11.6. The van der Waals surface area contributed by atoms with E-state index in [-0.39, 0.29) is 0 Å². The summed E-state index contributed by atoms with van der Waals surface area (Å²) in [6.07, 6.45) is 42.9. The van der Waals surface area contributed by atoms with Crippen LogP contribution in [0.25, 0.3) is 0 Å². The SMILES string of the molecule is CCCCCCCCCCCCCCCCCCCn1cc(CC(C)c2ccccc2)[n+](CCCCCCCCCCCC)c1Cc1ccccc1. The minimum atomic E-state index is 0.515. The number of hydrogen-bond acceptors (Lipinski definition) is 0. The quantitative estimate of drug-likeness (QED) is 0.0431. The third kappa shape index (κ3) is 19.6. The molecule has 0 spiro atoms. The van der Waals surface area contributed by atoms with Gasteiger partial charge < -0.3 is 0 Å². The lowest BCUT2D eigenvalue weighted by Crippen LogP contribution is -2.41. The number of unbranched alkanes of at least 4 members (excludes halogenated alkanes) is 25. The van der Waals surface area contributed by atoms with Crippen LogP contribution < -0.4 is 4.57 Å². The summed E-state index contributed by atoms with van der Waals surface area (Å²) in [5, 5.41) is 0. The minimum Gasteiger partial charge on any atom is -0.234 e. The van der Waals surface area contributed by atoms with Crippen LogP contribution in [0.2, 0.25) is 0 Å². The highest BCUT2D eigenvalue weighted by Crippen LogP contribution is 2.22. The molecule has 0 radical (unpaired) electrons. The van der Waals surface area contributed by atoms with Crippen molar-refractivity contribution in [3.05, 3.63) is 89.5 Å². The maximum absolute atomic E-state index is 2.75. The summed E-state index contributed by atoms with van der Waals surface area (Å²) in [5.41, 5.74) is 4.42. The lowest BCUT2D eigenvalue weighted by molar-refractivity contribution is -0.710. The number of aryl methyl sites for hydroxylation is 1. The van der Waals surface area contributed by atoms with Crippen molar-refractivity contribution in [2.24, 2.45) is 0 Å². The van der Waals surface area contributed by atoms with Gasteiger partial charge in [0.1, 0.15) is 11.9 Å². The van der Waals surface area contributed by atoms with Gasteiger partial charge in [-0.25, -0.2) is 9.13 Å². The molecular weight excluding hydrogens is 629 g/mol. The molecule has 0 bridgehead atoms. The largest absolute Gasteiger partial charge is 0.261 e. The zero-order valence-electron chi connectivity index (χ0n) is 34.7. The average Bonchev–Trinajstić information content (AvgIpc) is 3.48. The summed E-state index contributed by atoms with van der Waals surface area (Å²) < 4.78 is 5.42. The molecule has 1 aromatic heterocycles. The van der Waals surface area contributed by atoms with Crippen molar-refractivity contribution in [1.82, 2.24) is 4.57 Å². The van der Waals surface area contributed by atoms with Crippen LogP contribution in [0.5, 0.6) is 0 Å². The van der Waals surface area contributed by atoms with Crippen LogP contribution in [-0.2, 0) is 25.9 Å². The van der Waals surface area contributed by atoms with Crippen LogP contribution in [0.4, 0.5) is 0 Å². The van der Waals surface area contributed by atoms with Crippen molar-refractivity contribution >= 4 is 0 Å². The molecule has 1 atom stereocenters. The predicted octanol–water partition coefficient (Wildman–Crippen LogP) is 15.3. The molecule has 2 heteroatoms. The maximum Gasteiger partial charge on any atom is 0.261 e. The van der Waals surface area contributed by atoms with E-state index in [1.54, 1.807) is 0 Å². The van der Waals surface area contributed by atoms with E-state index in [0.29, 0.717) is 5.92 Å². The molecule has 2 aromatic carbocycles. The van der Waals surface area contributed by atoms with Gasteiger partial charge in [0.05, 0.1) is 19.5 Å². The van der Waals surface area contributed by atoms with Gasteiger partial charge in [-0.15, -0.1) is 0 Å². The first-order chi connectivity index (χ1) is 25.7. The molecule has 3 rings (SSSR count). The molecule has 3 aromatic rings. The van der Waals surface area contributed by atoms with Gasteiger partial charge in [0, 0.05) is 6.42 Å². The molecule has 0 amide bonds. The Hall–Kier alpha value is -2.35. The zero-order valence-corrected chi connectivity index (χ0v) is 34.7. The van der Waals surface area contributed by atoms with Crippen molar-refractivity contribution < 1.29 is 4.57 Å². The first-order valence-electron chi connectivity index (χ1n) is 22.9. The fraction of sp³-hybridized carbons (Fsp3) is 0.700. The van der Waals surface area contributed by atoms with E-state index in [2.05, 4.69) is 96.8 Å². The number of benzene rings is 2. The molecule has 0 N–H and O–H groups in total. The average molecular weight is 712 g/mol. The van der Waals surface area contributed by atoms with Crippen LogP contribution in [0.1, 0.15) is 223 Å². The molecule has 292 valence electrons. The van der Waals surface area contributed by atoms with E-state index in [1.165, 1.54) is 196 Å². The summed E-state index contributed by atoms with van der Waals surface area (Å²) in [7, 11) is 0. The predicted molar refractivity (Wildman–Crippen MR) is 228 cm³/mol. The van der Waals surface area contributed by atoms with Crippen molar-refractivity contribution in [2.75, 3.05) is 0 Å². The molecule has 1 unspecified atom stereocenters. The van der Waals surface area contributed by atoms with Crippen LogP contribution in [0.3, 0.4) is 0 Å². The summed E-state index contributed by atoms with van der Waals surface area (Å²) >= 11 is 0. The minimum absolute atomic E-state index is 0.515. The van der Waals surface area contributed by atoms with Gasteiger partial charge in [-0.2, -0.15) is 0 Å². The van der Waals surface area contributed by atoms with E-state index >= 15 is 0 Å². The Morgan fingerprint density at radius 2 is 0.885 bits per heavy atom. The first kappa shape index (κ1) is 44.0. The molecule has 0 aliphatic carbocycles. The highest BCUT2D eigenvalue weighted by Gasteiger charge is 2.25. The highest BCUT2D eigenvalue weighted by atomic mass is 15.2. The lowest BCUT2D eigenvalue weighted by atomic mass is 9.96. The van der Waals surface area contributed by atoms with Gasteiger partial charge in [-0.05, 0) is 42.7 Å². The Balaban J connectivity index is 1.48. The molecule has 2 nitrogen and oxygen atoms in total. The van der Waals surface area contributed by atoms with Crippen LogP contribution in [0, 0.1) is 0 Å². The monoisotopic (exact) mass is 712 g/mol. The maximum atomic E-state index is 2.75. The second kappa shape index (κ2) is 30.0. The fourth-order valence-corrected chi connectivity index (χ4v) is 8.23. The van der Waals surface area contributed by atoms with Crippen molar-refractivity contribution in [3.8, 4) is 0 Å². The van der Waals surface area contributed by atoms with E-state index in [9.17, 15) is 0 Å². The number of nitrogens with zero attached hydrogens (tertiary/aromatic N) is 2. The van der Waals surface area contributed by atoms with E-state index < -0.39 is 0 Å². The smallest absolute Gasteiger partial charge is 0.234 e. The standard InChI is InChI=1S/C50H83N2/c1-4-6-8-10-12-14-16-17-18-19-20-21-22-23-25-27-35-41-51-45-49(43-46(3)48-39-33-30-34-40-48)52(50(51)44-47-37-31-29-32-38-47)42-36-28-26-24-15-13-11-9-7-5-2/h29-34,37-40,45-46H,4-28,35-36,41-44H2,1-3H3/q+1. The van der Waals surface area contributed by atoms with Crippen LogP contribution >= 0.6 is 0 Å². The van der Waals surface area contributed by atoms with Crippen LogP contribution in [0.15, 0.2) is 66.9 Å². The summed E-state index contributed by atoms with van der Waals surface area (Å²) in [6.45, 7) is 9.35. The molecule has 0 aliphatic rings. The van der Waals surface area contributed by atoms with Gasteiger partial charge in [0.25, 0.3) is 5.82 Å². The summed E-state index contributed by atoms with van der Waals surface area (Å²) in [5.74, 6) is 2.04. The van der Waals surface area contributed by atoms with Gasteiger partial charge in [0.15, 0.2) is 0 Å². The molecule has 1 heterocycles. The van der Waals surface area contributed by atoms with Gasteiger partial charge >= 0.3 is 0 Å². The topological polar surface area (TPSA) is 8.81 Å². The Morgan fingerprint density at radius 3 is 1.35 bits per heavy atom. The second-order valence-electron chi connectivity index (χ2n) is 16.4. The molecule has 0 saturated heterocycles. The van der Waals surface area contributed by atoms with Crippen molar-refractivity contribution in [3.63, 3.8) is 0 Å². The Morgan fingerprint density at radius 1 is 0.481 bits per heavy atom. The molecule has 0 aliphatic heterocycles. The number of rotatable bonds is 34. The Bertz CT molecular complexity index is 1210. The third-order valence-corrected chi connectivity index (χ3v) is 11.6. The molecular formula is C50H83N2+. The number of hydrogen-bond donors (Lipinski definition) is 0. The zero-order chi connectivity index (χ0) is 36.7. The number of imidazole rings is 1. The van der Waals surface area contributed by atoms with Gasteiger partial charge in [0.2, 0.25) is 0 Å². The normalized spacial score (nSPS) is 12.1. The lowest BCUT2D eigenvalue weighted by Gasteiger charge is -2.12. The van der Waals surface area contributed by atoms with Crippen molar-refractivity contribution in [2.45, 2.75) is 226 Å². The molecule has 0 saturated carbocycles. The fourth-order valence-electron chi connectivity index (χ4n) is 8.23. The van der Waals surface area contributed by atoms with E-state index in [4.69, 9.17) is 0 Å². The number of aromatic nitrogens is 2. The summed E-state index contributed by atoms with van der Waals surface area (Å²) in [4.78, 5) is 0. The molecule has 0 fully saturated rings. The second-order valence-corrected chi connectivity index (χ2v) is 16.4. The van der Waals surface area contributed by atoms with Crippen molar-refractivity contribution in [1.29, 1.82) is 0 Å². The summed E-state index contributed by atoms with van der Waals surface area (Å²) in [6, 6.07) is 22.4. The highest BCUT2D eigenvalue weighted by molar-refractivity contribution is 5.21. The first-order valence-corrected chi connectivity index (χ1v) is 22.9. The van der Waals surface area contributed by atoms with Gasteiger partial charge in [-0.1, -0.05) is 229 Å². The van der Waals surface area contributed by atoms with E-state index in [0.717, 1.165) is 25.9 Å². The molecule has 52 heavy (non-hydrogen) atoms. The van der Waals surface area contributed by atoms with Crippen LogP contribution in [-0.4, -0.2) is 4.57 Å². The van der Waals surface area contributed by atoms with E-state index in [1.807, 2.05) is 0 Å². The van der Waals surface area contributed by atoms with Gasteiger partial charge in [-0.3, -0.25) is 0 Å². The Labute approximate surface area is 323 Å². The Kier molecular flexibility index (Phi) is 25.4.